The van der Waals surface area contributed by atoms with Crippen LogP contribution in [0, 0.1) is 5.92 Å². The van der Waals surface area contributed by atoms with Crippen LogP contribution in [0.25, 0.3) is 0 Å². The molecule has 7 heteroatoms. The van der Waals surface area contributed by atoms with Crippen molar-refractivity contribution in [1.82, 2.24) is 15.5 Å². The maximum atomic E-state index is 12.6. The second-order valence-electron chi connectivity index (χ2n) is 6.99. The van der Waals surface area contributed by atoms with E-state index < -0.39 is 6.04 Å². The molecular formula is C19H27Cl2N3O2. The zero-order valence-corrected chi connectivity index (χ0v) is 17.0. The predicted molar refractivity (Wildman–Crippen MR) is 106 cm³/mol. The molecule has 1 aromatic carbocycles. The Bertz CT molecular complexity index is 652. The van der Waals surface area contributed by atoms with Gasteiger partial charge in [0.05, 0.1) is 10.6 Å². The predicted octanol–water partition coefficient (Wildman–Crippen LogP) is 3.35. The van der Waals surface area contributed by atoms with Gasteiger partial charge in [0.15, 0.2) is 0 Å². The number of hydrogen-bond donors (Lipinski definition) is 2. The number of likely N-dealkylation sites (N-methyl/N-ethyl adjacent to an activating group) is 1. The minimum absolute atomic E-state index is 0.0455. The molecule has 1 fully saturated rings. The zero-order valence-electron chi connectivity index (χ0n) is 15.5. The van der Waals surface area contributed by atoms with Crippen LogP contribution in [0.15, 0.2) is 18.2 Å². The summed E-state index contributed by atoms with van der Waals surface area (Å²) in [6.45, 7) is 8.61. The van der Waals surface area contributed by atoms with Crippen molar-refractivity contribution in [2.45, 2.75) is 45.7 Å². The van der Waals surface area contributed by atoms with Crippen molar-refractivity contribution >= 4 is 35.0 Å². The first-order valence-corrected chi connectivity index (χ1v) is 9.86. The number of amides is 2. The molecule has 0 saturated carbocycles. The zero-order chi connectivity index (χ0) is 19.3. The molecule has 2 atom stereocenters. The van der Waals surface area contributed by atoms with Gasteiger partial charge in [-0.3, -0.25) is 14.5 Å². The van der Waals surface area contributed by atoms with Crippen LogP contribution < -0.4 is 10.6 Å². The molecule has 144 valence electrons. The molecule has 0 aromatic heterocycles. The van der Waals surface area contributed by atoms with E-state index in [0.717, 1.165) is 25.9 Å². The van der Waals surface area contributed by atoms with Gasteiger partial charge in [0, 0.05) is 17.6 Å². The second kappa shape index (κ2) is 9.58. The summed E-state index contributed by atoms with van der Waals surface area (Å²) in [4.78, 5) is 27.5. The van der Waals surface area contributed by atoms with Crippen molar-refractivity contribution in [3.05, 3.63) is 33.8 Å². The van der Waals surface area contributed by atoms with E-state index in [2.05, 4.69) is 22.5 Å². The molecular weight excluding hydrogens is 373 g/mol. The van der Waals surface area contributed by atoms with Crippen LogP contribution >= 0.6 is 23.2 Å². The number of nitrogens with zero attached hydrogens (tertiary/aromatic N) is 1. The van der Waals surface area contributed by atoms with E-state index in [1.807, 2.05) is 13.8 Å². The van der Waals surface area contributed by atoms with Gasteiger partial charge in [-0.2, -0.15) is 0 Å². The Balaban J connectivity index is 1.98. The van der Waals surface area contributed by atoms with E-state index in [4.69, 9.17) is 23.2 Å². The lowest BCUT2D eigenvalue weighted by molar-refractivity contribution is -0.124. The number of nitrogens with one attached hydrogen (secondary N) is 2. The number of rotatable bonds is 7. The van der Waals surface area contributed by atoms with Gasteiger partial charge in [-0.1, -0.05) is 44.0 Å². The van der Waals surface area contributed by atoms with Gasteiger partial charge in [-0.15, -0.1) is 0 Å². The molecule has 0 spiro atoms. The molecule has 2 unspecified atom stereocenters. The molecule has 26 heavy (non-hydrogen) atoms. The standard InChI is InChI=1S/C19H27Cl2N3O2/c1-4-24-9-5-6-14(24)11-22-19(26)17(12(2)3)23-18(25)15-8-7-13(20)10-16(15)21/h7-8,10,12,14,17H,4-6,9,11H2,1-3H3,(H,22,26)(H,23,25). The molecule has 0 aliphatic carbocycles. The van der Waals surface area contributed by atoms with Crippen LogP contribution in [-0.4, -0.2) is 48.4 Å². The lowest BCUT2D eigenvalue weighted by atomic mass is 10.0. The molecule has 1 heterocycles. The molecule has 5 nitrogen and oxygen atoms in total. The SMILES string of the molecule is CCN1CCCC1CNC(=O)C(NC(=O)c1ccc(Cl)cc1Cl)C(C)C. The third-order valence-corrected chi connectivity index (χ3v) is 5.38. The summed E-state index contributed by atoms with van der Waals surface area (Å²) >= 11 is 12.0. The molecule has 0 bridgehead atoms. The van der Waals surface area contributed by atoms with Gasteiger partial charge in [-0.25, -0.2) is 0 Å². The average Bonchev–Trinajstić information content (AvgIpc) is 3.04. The molecule has 2 rings (SSSR count). The first kappa shape index (κ1) is 21.0. The highest BCUT2D eigenvalue weighted by molar-refractivity contribution is 6.36. The van der Waals surface area contributed by atoms with Crippen molar-refractivity contribution in [1.29, 1.82) is 0 Å². The summed E-state index contributed by atoms with van der Waals surface area (Å²) in [5.74, 6) is -0.589. The van der Waals surface area contributed by atoms with Gasteiger partial charge in [0.25, 0.3) is 5.91 Å². The van der Waals surface area contributed by atoms with Crippen LogP contribution in [0.4, 0.5) is 0 Å². The molecule has 0 radical (unpaired) electrons. The molecule has 2 amide bonds. The Kier molecular flexibility index (Phi) is 7.74. The largest absolute Gasteiger partial charge is 0.353 e. The summed E-state index contributed by atoms with van der Waals surface area (Å²) in [6.07, 6.45) is 2.25. The van der Waals surface area contributed by atoms with Crippen LogP contribution in [-0.2, 0) is 4.79 Å². The van der Waals surface area contributed by atoms with Gasteiger partial charge < -0.3 is 10.6 Å². The molecule has 2 N–H and O–H groups in total. The van der Waals surface area contributed by atoms with Crippen molar-refractivity contribution in [3.63, 3.8) is 0 Å². The Morgan fingerprint density at radius 3 is 2.65 bits per heavy atom. The summed E-state index contributed by atoms with van der Waals surface area (Å²) in [5, 5.41) is 6.53. The third kappa shape index (κ3) is 5.35. The van der Waals surface area contributed by atoms with Crippen molar-refractivity contribution in [2.75, 3.05) is 19.6 Å². The monoisotopic (exact) mass is 399 g/mol. The Labute approximate surface area is 165 Å². The number of halogens is 2. The quantitative estimate of drug-likeness (QED) is 0.738. The fraction of sp³-hybridized carbons (Fsp3) is 0.579. The average molecular weight is 400 g/mol. The van der Waals surface area contributed by atoms with Crippen LogP contribution in [0.3, 0.4) is 0 Å². The van der Waals surface area contributed by atoms with Crippen molar-refractivity contribution in [2.24, 2.45) is 5.92 Å². The fourth-order valence-corrected chi connectivity index (χ4v) is 3.79. The van der Waals surface area contributed by atoms with Gasteiger partial charge in [0.1, 0.15) is 6.04 Å². The van der Waals surface area contributed by atoms with Crippen LogP contribution in [0.2, 0.25) is 10.0 Å². The first-order valence-electron chi connectivity index (χ1n) is 9.11. The normalized spacial score (nSPS) is 18.8. The summed E-state index contributed by atoms with van der Waals surface area (Å²) < 4.78 is 0. The fourth-order valence-electron chi connectivity index (χ4n) is 3.30. The smallest absolute Gasteiger partial charge is 0.253 e. The number of benzene rings is 1. The number of hydrogen-bond acceptors (Lipinski definition) is 3. The minimum Gasteiger partial charge on any atom is -0.353 e. The lowest BCUT2D eigenvalue weighted by Crippen LogP contribution is -2.52. The summed E-state index contributed by atoms with van der Waals surface area (Å²) in [7, 11) is 0. The molecule has 1 aromatic rings. The molecule has 1 aliphatic rings. The van der Waals surface area contributed by atoms with E-state index in [1.165, 1.54) is 6.07 Å². The van der Waals surface area contributed by atoms with E-state index in [9.17, 15) is 9.59 Å². The summed E-state index contributed by atoms with van der Waals surface area (Å²) in [5.41, 5.74) is 0.308. The first-order chi connectivity index (χ1) is 12.3. The Morgan fingerprint density at radius 2 is 2.04 bits per heavy atom. The van der Waals surface area contributed by atoms with E-state index in [1.54, 1.807) is 12.1 Å². The van der Waals surface area contributed by atoms with Crippen LogP contribution in [0.5, 0.6) is 0 Å². The highest BCUT2D eigenvalue weighted by atomic mass is 35.5. The van der Waals surface area contributed by atoms with Crippen molar-refractivity contribution in [3.8, 4) is 0 Å². The van der Waals surface area contributed by atoms with Gasteiger partial charge in [-0.05, 0) is 50.0 Å². The number of carbonyl (C=O) groups excluding carboxylic acids is 2. The Hall–Kier alpha value is -1.30. The lowest BCUT2D eigenvalue weighted by Gasteiger charge is -2.26. The van der Waals surface area contributed by atoms with E-state index >= 15 is 0 Å². The maximum Gasteiger partial charge on any atom is 0.253 e. The summed E-state index contributed by atoms with van der Waals surface area (Å²) in [6, 6.07) is 4.44. The highest BCUT2D eigenvalue weighted by Gasteiger charge is 2.28. The van der Waals surface area contributed by atoms with Crippen molar-refractivity contribution < 1.29 is 9.59 Å². The second-order valence-corrected chi connectivity index (χ2v) is 7.83. The molecule has 1 saturated heterocycles. The topological polar surface area (TPSA) is 61.4 Å². The number of carbonyl (C=O) groups is 2. The highest BCUT2D eigenvalue weighted by Crippen LogP contribution is 2.21. The maximum absolute atomic E-state index is 12.6. The van der Waals surface area contributed by atoms with Crippen LogP contribution in [0.1, 0.15) is 44.0 Å². The van der Waals surface area contributed by atoms with Gasteiger partial charge >= 0.3 is 0 Å². The minimum atomic E-state index is -0.620. The Morgan fingerprint density at radius 1 is 1.31 bits per heavy atom. The number of likely N-dealkylation sites (tertiary alicyclic amines) is 1. The van der Waals surface area contributed by atoms with Gasteiger partial charge in [0.2, 0.25) is 5.91 Å². The van der Waals surface area contributed by atoms with E-state index in [-0.39, 0.29) is 22.8 Å². The molecule has 1 aliphatic heterocycles. The van der Waals surface area contributed by atoms with E-state index in [0.29, 0.717) is 23.2 Å². The third-order valence-electron chi connectivity index (χ3n) is 4.83.